The first-order chi connectivity index (χ1) is 12.0. The smallest absolute Gasteiger partial charge is 0.251 e. The van der Waals surface area contributed by atoms with Gasteiger partial charge in [0, 0.05) is 5.56 Å². The van der Waals surface area contributed by atoms with E-state index < -0.39 is 0 Å². The summed E-state index contributed by atoms with van der Waals surface area (Å²) < 4.78 is 10.8. The molecule has 4 nitrogen and oxygen atoms in total. The zero-order valence-corrected chi connectivity index (χ0v) is 15.0. The van der Waals surface area contributed by atoms with Crippen LogP contribution in [0.25, 0.3) is 0 Å². The molecule has 0 radical (unpaired) electrons. The molecule has 1 amide bonds. The van der Waals surface area contributed by atoms with Gasteiger partial charge in [-0.15, -0.1) is 0 Å². The third kappa shape index (κ3) is 5.38. The Bertz CT molecular complexity index is 722. The molecular weight excluding hydrogens is 314 g/mol. The molecule has 0 aliphatic heterocycles. The summed E-state index contributed by atoms with van der Waals surface area (Å²) in [7, 11) is 1.64. The van der Waals surface area contributed by atoms with Crippen LogP contribution >= 0.6 is 0 Å². The molecule has 1 N–H and O–H groups in total. The van der Waals surface area contributed by atoms with E-state index in [4.69, 9.17) is 9.47 Å². The molecule has 0 fully saturated rings. The monoisotopic (exact) mass is 339 g/mol. The summed E-state index contributed by atoms with van der Waals surface area (Å²) in [6, 6.07) is 14.9. The van der Waals surface area contributed by atoms with E-state index in [1.807, 2.05) is 50.2 Å². The number of hydrogen-bond acceptors (Lipinski definition) is 3. The van der Waals surface area contributed by atoms with Gasteiger partial charge in [0.1, 0.15) is 18.1 Å². The second kappa shape index (κ2) is 8.92. The number of carbonyl (C=O) groups is 1. The van der Waals surface area contributed by atoms with Crippen LogP contribution in [-0.2, 0) is 0 Å². The van der Waals surface area contributed by atoms with Crippen LogP contribution in [0, 0.1) is 0 Å². The molecule has 0 heterocycles. The fraction of sp³-hybridized carbons (Fsp3) is 0.286. The van der Waals surface area contributed by atoms with E-state index in [0.29, 0.717) is 17.9 Å². The van der Waals surface area contributed by atoms with Crippen molar-refractivity contribution >= 4 is 5.91 Å². The largest absolute Gasteiger partial charge is 0.497 e. The molecular formula is C21H25NO3. The highest BCUT2D eigenvalue weighted by molar-refractivity contribution is 5.94. The first kappa shape index (κ1) is 18.6. The van der Waals surface area contributed by atoms with Crippen molar-refractivity contribution in [3.8, 4) is 11.5 Å². The zero-order chi connectivity index (χ0) is 18.2. The molecule has 0 aliphatic carbocycles. The Hall–Kier alpha value is -2.75. The van der Waals surface area contributed by atoms with Crippen molar-refractivity contribution in [1.82, 2.24) is 5.32 Å². The summed E-state index contributed by atoms with van der Waals surface area (Å²) in [6.07, 6.45) is 0.796. The fourth-order valence-electron chi connectivity index (χ4n) is 2.43. The Morgan fingerprint density at radius 1 is 1.16 bits per heavy atom. The minimum atomic E-state index is -0.122. The molecule has 2 rings (SSSR count). The summed E-state index contributed by atoms with van der Waals surface area (Å²) >= 11 is 0. The van der Waals surface area contributed by atoms with Crippen LogP contribution in [0.5, 0.6) is 11.5 Å². The Kier molecular flexibility index (Phi) is 6.63. The van der Waals surface area contributed by atoms with Gasteiger partial charge in [0.25, 0.3) is 5.91 Å². The first-order valence-corrected chi connectivity index (χ1v) is 8.35. The lowest BCUT2D eigenvalue weighted by atomic mass is 10.0. The van der Waals surface area contributed by atoms with Gasteiger partial charge in [0.15, 0.2) is 0 Å². The van der Waals surface area contributed by atoms with Gasteiger partial charge in [0.2, 0.25) is 0 Å². The Labute approximate surface area is 149 Å². The number of ether oxygens (including phenoxy) is 2. The predicted octanol–water partition coefficient (Wildman–Crippen LogP) is 4.53. The number of rotatable bonds is 8. The van der Waals surface area contributed by atoms with E-state index in [1.165, 1.54) is 0 Å². The van der Waals surface area contributed by atoms with E-state index in [2.05, 4.69) is 11.9 Å². The number of methoxy groups -OCH3 is 1. The molecule has 0 aliphatic rings. The Balaban J connectivity index is 2.08. The van der Waals surface area contributed by atoms with Crippen LogP contribution in [0.2, 0.25) is 0 Å². The lowest BCUT2D eigenvalue weighted by Crippen LogP contribution is -2.28. The highest BCUT2D eigenvalue weighted by Crippen LogP contribution is 2.21. The van der Waals surface area contributed by atoms with E-state index in [-0.39, 0.29) is 11.9 Å². The molecule has 0 spiro atoms. The maximum atomic E-state index is 12.6. The van der Waals surface area contributed by atoms with Crippen molar-refractivity contribution in [2.45, 2.75) is 26.3 Å². The van der Waals surface area contributed by atoms with Crippen molar-refractivity contribution in [2.75, 3.05) is 13.7 Å². The zero-order valence-electron chi connectivity index (χ0n) is 15.0. The van der Waals surface area contributed by atoms with Crippen molar-refractivity contribution in [1.29, 1.82) is 0 Å². The van der Waals surface area contributed by atoms with E-state index in [1.54, 1.807) is 19.2 Å². The van der Waals surface area contributed by atoms with Crippen molar-refractivity contribution in [3.63, 3.8) is 0 Å². The van der Waals surface area contributed by atoms with Crippen LogP contribution < -0.4 is 14.8 Å². The third-order valence-corrected chi connectivity index (χ3v) is 3.81. The average Bonchev–Trinajstić information content (AvgIpc) is 2.64. The fourth-order valence-corrected chi connectivity index (χ4v) is 2.43. The van der Waals surface area contributed by atoms with Crippen molar-refractivity contribution in [3.05, 3.63) is 71.8 Å². The van der Waals surface area contributed by atoms with E-state index in [0.717, 1.165) is 23.3 Å². The lowest BCUT2D eigenvalue weighted by molar-refractivity contribution is 0.0935. The summed E-state index contributed by atoms with van der Waals surface area (Å²) in [6.45, 7) is 8.19. The van der Waals surface area contributed by atoms with Gasteiger partial charge in [-0.1, -0.05) is 31.7 Å². The highest BCUT2D eigenvalue weighted by atomic mass is 16.5. The maximum absolute atomic E-state index is 12.6. The molecule has 1 atom stereocenters. The predicted molar refractivity (Wildman–Crippen MR) is 100 cm³/mol. The van der Waals surface area contributed by atoms with E-state index >= 15 is 0 Å². The van der Waals surface area contributed by atoms with Gasteiger partial charge in [-0.25, -0.2) is 0 Å². The second-order valence-corrected chi connectivity index (χ2v) is 5.98. The standard InChI is InChI=1S/C21H25NO3/c1-5-20(16-9-11-18(24-4)12-10-16)22-21(23)17-7-6-8-19(13-17)25-14-15(2)3/h6-13,20H,2,5,14H2,1,3-4H3,(H,22,23)/t20-/m1/s1. The topological polar surface area (TPSA) is 47.6 Å². The Morgan fingerprint density at radius 3 is 2.48 bits per heavy atom. The average molecular weight is 339 g/mol. The van der Waals surface area contributed by atoms with Gasteiger partial charge >= 0.3 is 0 Å². The maximum Gasteiger partial charge on any atom is 0.251 e. The molecule has 2 aromatic carbocycles. The minimum Gasteiger partial charge on any atom is -0.497 e. The molecule has 0 unspecified atom stereocenters. The molecule has 0 saturated carbocycles. The SMILES string of the molecule is C=C(C)COc1cccc(C(=O)N[C@H](CC)c2ccc(OC)cc2)c1. The molecule has 2 aromatic rings. The lowest BCUT2D eigenvalue weighted by Gasteiger charge is -2.18. The molecule has 4 heteroatoms. The number of hydrogen-bond donors (Lipinski definition) is 1. The summed E-state index contributed by atoms with van der Waals surface area (Å²) in [5.41, 5.74) is 2.55. The van der Waals surface area contributed by atoms with Gasteiger partial charge in [-0.3, -0.25) is 4.79 Å². The molecule has 132 valence electrons. The summed E-state index contributed by atoms with van der Waals surface area (Å²) in [5, 5.41) is 3.08. The molecule has 0 saturated heterocycles. The summed E-state index contributed by atoms with van der Waals surface area (Å²) in [5.74, 6) is 1.34. The number of benzene rings is 2. The van der Waals surface area contributed by atoms with Gasteiger partial charge < -0.3 is 14.8 Å². The van der Waals surface area contributed by atoms with Crippen molar-refractivity contribution in [2.24, 2.45) is 0 Å². The highest BCUT2D eigenvalue weighted by Gasteiger charge is 2.14. The third-order valence-electron chi connectivity index (χ3n) is 3.81. The second-order valence-electron chi connectivity index (χ2n) is 5.98. The summed E-state index contributed by atoms with van der Waals surface area (Å²) in [4.78, 5) is 12.6. The quantitative estimate of drug-likeness (QED) is 0.719. The van der Waals surface area contributed by atoms with Crippen molar-refractivity contribution < 1.29 is 14.3 Å². The minimum absolute atomic E-state index is 0.0570. The van der Waals surface area contributed by atoms with Crippen LogP contribution in [-0.4, -0.2) is 19.6 Å². The number of amides is 1. The van der Waals surface area contributed by atoms with Gasteiger partial charge in [0.05, 0.1) is 13.2 Å². The molecule has 0 bridgehead atoms. The normalized spacial score (nSPS) is 11.5. The van der Waals surface area contributed by atoms with Crippen LogP contribution in [0.4, 0.5) is 0 Å². The number of carbonyl (C=O) groups excluding carboxylic acids is 1. The van der Waals surface area contributed by atoms with Crippen LogP contribution in [0.3, 0.4) is 0 Å². The Morgan fingerprint density at radius 2 is 1.88 bits per heavy atom. The molecule has 0 aromatic heterocycles. The van der Waals surface area contributed by atoms with E-state index in [9.17, 15) is 4.79 Å². The van der Waals surface area contributed by atoms with Gasteiger partial charge in [-0.05, 0) is 54.8 Å². The first-order valence-electron chi connectivity index (χ1n) is 8.35. The van der Waals surface area contributed by atoms with Crippen LogP contribution in [0.1, 0.15) is 42.2 Å². The van der Waals surface area contributed by atoms with Gasteiger partial charge in [-0.2, -0.15) is 0 Å². The number of nitrogens with one attached hydrogen (secondary N) is 1. The molecule has 25 heavy (non-hydrogen) atoms. The van der Waals surface area contributed by atoms with Crippen LogP contribution in [0.15, 0.2) is 60.7 Å².